The molecule has 1 heterocycles. The molecule has 0 unspecified atom stereocenters. The first-order chi connectivity index (χ1) is 9.95. The zero-order valence-corrected chi connectivity index (χ0v) is 15.0. The second kappa shape index (κ2) is 7.22. The summed E-state index contributed by atoms with van der Waals surface area (Å²) in [5.74, 6) is 0.611. The Morgan fingerprint density at radius 1 is 1.33 bits per heavy atom. The van der Waals surface area contributed by atoms with Crippen LogP contribution in [0.15, 0.2) is 27.6 Å². The van der Waals surface area contributed by atoms with E-state index in [2.05, 4.69) is 28.2 Å². The average Bonchev–Trinajstić information content (AvgIpc) is 2.46. The maximum atomic E-state index is 12.8. The molecule has 21 heavy (non-hydrogen) atoms. The van der Waals surface area contributed by atoms with E-state index in [4.69, 9.17) is 0 Å². The highest BCUT2D eigenvalue weighted by atomic mass is 79.9. The Morgan fingerprint density at radius 2 is 2.00 bits per heavy atom. The first-order valence-electron chi connectivity index (χ1n) is 7.44. The minimum atomic E-state index is -3.40. The van der Waals surface area contributed by atoms with Gasteiger partial charge in [-0.15, -0.1) is 0 Å². The van der Waals surface area contributed by atoms with Crippen LogP contribution in [0.3, 0.4) is 0 Å². The molecule has 0 aromatic heterocycles. The van der Waals surface area contributed by atoms with Crippen LogP contribution in [0, 0.1) is 5.92 Å². The van der Waals surface area contributed by atoms with Crippen molar-refractivity contribution in [3.8, 4) is 0 Å². The van der Waals surface area contributed by atoms with Crippen molar-refractivity contribution >= 4 is 26.0 Å². The van der Waals surface area contributed by atoms with Crippen LogP contribution in [0.5, 0.6) is 0 Å². The van der Waals surface area contributed by atoms with Crippen molar-refractivity contribution < 1.29 is 8.42 Å². The van der Waals surface area contributed by atoms with Crippen molar-refractivity contribution in [2.75, 3.05) is 19.6 Å². The number of nitrogens with one attached hydrogen (secondary N) is 1. The third-order valence-corrected chi connectivity index (χ3v) is 6.83. The van der Waals surface area contributed by atoms with E-state index in [0.29, 0.717) is 34.9 Å². The quantitative estimate of drug-likeness (QED) is 0.861. The zero-order valence-electron chi connectivity index (χ0n) is 12.6. The summed E-state index contributed by atoms with van der Waals surface area (Å²) in [6.45, 7) is 6.99. The van der Waals surface area contributed by atoms with Gasteiger partial charge in [-0.2, -0.15) is 4.31 Å². The summed E-state index contributed by atoms with van der Waals surface area (Å²) in [5.41, 5.74) is 0.990. The van der Waals surface area contributed by atoms with Crippen molar-refractivity contribution in [3.63, 3.8) is 0 Å². The summed E-state index contributed by atoms with van der Waals surface area (Å²) < 4.78 is 27.9. The van der Waals surface area contributed by atoms with Crippen molar-refractivity contribution in [2.24, 2.45) is 5.92 Å². The lowest BCUT2D eigenvalue weighted by molar-refractivity contribution is 0.288. The molecule has 4 nitrogen and oxygen atoms in total. The van der Waals surface area contributed by atoms with Crippen molar-refractivity contribution in [2.45, 2.75) is 38.1 Å². The third kappa shape index (κ3) is 4.06. The Hall–Kier alpha value is -0.430. The van der Waals surface area contributed by atoms with Crippen LogP contribution in [0.2, 0.25) is 0 Å². The van der Waals surface area contributed by atoms with Crippen molar-refractivity contribution in [1.29, 1.82) is 0 Å². The number of halogens is 1. The summed E-state index contributed by atoms with van der Waals surface area (Å²) >= 11 is 3.39. The normalized spacial score (nSPS) is 18.0. The second-order valence-corrected chi connectivity index (χ2v) is 8.39. The van der Waals surface area contributed by atoms with Crippen molar-refractivity contribution in [3.05, 3.63) is 28.2 Å². The predicted molar refractivity (Wildman–Crippen MR) is 88.7 cm³/mol. The fourth-order valence-electron chi connectivity index (χ4n) is 2.49. The van der Waals surface area contributed by atoms with Gasteiger partial charge in [0.25, 0.3) is 0 Å². The number of hydrogen-bond donors (Lipinski definition) is 1. The van der Waals surface area contributed by atoms with Gasteiger partial charge in [0.2, 0.25) is 10.0 Å². The molecule has 0 radical (unpaired) electrons. The minimum Gasteiger partial charge on any atom is -0.313 e. The largest absolute Gasteiger partial charge is 0.313 e. The Bertz CT molecular complexity index is 581. The van der Waals surface area contributed by atoms with E-state index in [1.807, 2.05) is 19.1 Å². The monoisotopic (exact) mass is 374 g/mol. The smallest absolute Gasteiger partial charge is 0.244 e. The van der Waals surface area contributed by atoms with E-state index >= 15 is 0 Å². The molecule has 0 saturated carbocycles. The zero-order chi connectivity index (χ0) is 15.5. The SMILES string of the molecule is CCNCc1ccc(Br)c(S(=O)(=O)N2CCC(C)CC2)c1. The lowest BCUT2D eigenvalue weighted by Crippen LogP contribution is -2.38. The van der Waals surface area contributed by atoms with E-state index in [1.165, 1.54) is 0 Å². The average molecular weight is 375 g/mol. The molecule has 1 saturated heterocycles. The second-order valence-electron chi connectivity index (χ2n) is 5.63. The van der Waals surface area contributed by atoms with Crippen LogP contribution in [0.25, 0.3) is 0 Å². The molecule has 1 N–H and O–H groups in total. The fraction of sp³-hybridized carbons (Fsp3) is 0.600. The number of nitrogens with zero attached hydrogens (tertiary/aromatic N) is 1. The number of benzene rings is 1. The summed E-state index contributed by atoms with van der Waals surface area (Å²) in [6.07, 6.45) is 1.88. The molecule has 1 fully saturated rings. The van der Waals surface area contributed by atoms with Crippen LogP contribution in [0.4, 0.5) is 0 Å². The molecule has 0 aliphatic carbocycles. The van der Waals surface area contributed by atoms with E-state index in [0.717, 1.165) is 24.9 Å². The van der Waals surface area contributed by atoms with Crippen LogP contribution in [-0.4, -0.2) is 32.4 Å². The van der Waals surface area contributed by atoms with Crippen LogP contribution >= 0.6 is 15.9 Å². The molecular weight excluding hydrogens is 352 g/mol. The molecule has 0 amide bonds. The number of rotatable bonds is 5. The highest BCUT2D eigenvalue weighted by molar-refractivity contribution is 9.10. The van der Waals surface area contributed by atoms with Gasteiger partial charge in [-0.25, -0.2) is 8.42 Å². The van der Waals surface area contributed by atoms with Gasteiger partial charge in [-0.3, -0.25) is 0 Å². The van der Waals surface area contributed by atoms with Gasteiger partial charge in [0.05, 0.1) is 4.90 Å². The molecule has 1 aliphatic rings. The van der Waals surface area contributed by atoms with Gasteiger partial charge in [0, 0.05) is 24.1 Å². The number of piperidine rings is 1. The molecule has 1 aliphatic heterocycles. The molecule has 0 atom stereocenters. The Morgan fingerprint density at radius 3 is 2.62 bits per heavy atom. The molecule has 0 spiro atoms. The lowest BCUT2D eigenvalue weighted by Gasteiger charge is -2.29. The molecule has 1 aromatic rings. The molecule has 2 rings (SSSR count). The summed E-state index contributed by atoms with van der Waals surface area (Å²) in [5, 5.41) is 3.22. The van der Waals surface area contributed by atoms with E-state index in [-0.39, 0.29) is 0 Å². The third-order valence-electron chi connectivity index (χ3n) is 3.94. The lowest BCUT2D eigenvalue weighted by atomic mass is 10.0. The minimum absolute atomic E-state index is 0.382. The van der Waals surface area contributed by atoms with Gasteiger partial charge < -0.3 is 5.32 Å². The standard InChI is InChI=1S/C15H23BrN2O2S/c1-3-17-11-13-4-5-14(16)15(10-13)21(19,20)18-8-6-12(2)7-9-18/h4-5,10,12,17H,3,6-9,11H2,1-2H3. The number of sulfonamides is 1. The highest BCUT2D eigenvalue weighted by Gasteiger charge is 2.29. The maximum Gasteiger partial charge on any atom is 0.244 e. The Kier molecular flexibility index (Phi) is 5.82. The van der Waals surface area contributed by atoms with E-state index < -0.39 is 10.0 Å². The van der Waals surface area contributed by atoms with Crippen molar-refractivity contribution in [1.82, 2.24) is 9.62 Å². The summed E-state index contributed by atoms with van der Waals surface area (Å²) in [6, 6.07) is 5.55. The molecule has 0 bridgehead atoms. The summed E-state index contributed by atoms with van der Waals surface area (Å²) in [7, 11) is -3.40. The number of hydrogen-bond acceptors (Lipinski definition) is 3. The maximum absolute atomic E-state index is 12.8. The predicted octanol–water partition coefficient (Wildman–Crippen LogP) is 2.98. The van der Waals surface area contributed by atoms with Gasteiger partial charge in [-0.1, -0.05) is 19.9 Å². The Balaban J connectivity index is 2.26. The van der Waals surface area contributed by atoms with E-state index in [9.17, 15) is 8.42 Å². The van der Waals surface area contributed by atoms with E-state index in [1.54, 1.807) is 10.4 Å². The van der Waals surface area contributed by atoms with Gasteiger partial charge >= 0.3 is 0 Å². The first kappa shape index (κ1) is 16.9. The van der Waals surface area contributed by atoms with Crippen LogP contribution in [-0.2, 0) is 16.6 Å². The molecule has 118 valence electrons. The van der Waals surface area contributed by atoms with Gasteiger partial charge in [0.15, 0.2) is 0 Å². The molecule has 6 heteroatoms. The highest BCUT2D eigenvalue weighted by Crippen LogP contribution is 2.29. The fourth-order valence-corrected chi connectivity index (χ4v) is 4.93. The molecule has 1 aromatic carbocycles. The Labute approximate surface area is 136 Å². The van der Waals surface area contributed by atoms with Gasteiger partial charge in [-0.05, 0) is 58.9 Å². The molecular formula is C15H23BrN2O2S. The first-order valence-corrected chi connectivity index (χ1v) is 9.67. The van der Waals surface area contributed by atoms with Crippen LogP contribution < -0.4 is 5.32 Å². The topological polar surface area (TPSA) is 49.4 Å². The van der Waals surface area contributed by atoms with Gasteiger partial charge in [0.1, 0.15) is 0 Å². The van der Waals surface area contributed by atoms with Crippen LogP contribution in [0.1, 0.15) is 32.3 Å². The summed E-state index contributed by atoms with van der Waals surface area (Å²) in [4.78, 5) is 0.382.